The van der Waals surface area contributed by atoms with Crippen molar-refractivity contribution in [2.45, 2.75) is 128 Å². The van der Waals surface area contributed by atoms with Gasteiger partial charge in [-0.15, -0.1) is 0 Å². The lowest BCUT2D eigenvalue weighted by Crippen LogP contribution is -2.22. The Kier molecular flexibility index (Phi) is 10.4. The van der Waals surface area contributed by atoms with Crippen LogP contribution in [0.1, 0.15) is 128 Å². The minimum Gasteiger partial charge on any atom is -0.0533 e. The maximum Gasteiger partial charge on any atom is -0.0386 e. The molecule has 0 nitrogen and oxygen atoms in total. The Balaban J connectivity index is 0.000000128. The molecule has 22 heavy (non-hydrogen) atoms. The van der Waals surface area contributed by atoms with Crippen LogP contribution in [0, 0.1) is 11.8 Å². The van der Waals surface area contributed by atoms with Gasteiger partial charge in [-0.3, -0.25) is 0 Å². The summed E-state index contributed by atoms with van der Waals surface area (Å²) in [6.45, 7) is 0. The molecule has 0 amide bonds. The van der Waals surface area contributed by atoms with E-state index in [1.807, 2.05) is 0 Å². The van der Waals surface area contributed by atoms with Crippen LogP contribution in [0.15, 0.2) is 0 Å². The van der Waals surface area contributed by atoms with Crippen molar-refractivity contribution in [3.63, 3.8) is 0 Å². The van der Waals surface area contributed by atoms with Crippen LogP contribution in [0.25, 0.3) is 0 Å². The Morgan fingerprint density at radius 2 is 0.409 bits per heavy atom. The summed E-state index contributed by atoms with van der Waals surface area (Å²) >= 11 is 0. The topological polar surface area (TPSA) is 0 Å². The number of hydrogen-bond acceptors (Lipinski definition) is 0. The monoisotopic (exact) mass is 306 g/mol. The van der Waals surface area contributed by atoms with E-state index >= 15 is 0 Å². The van der Waals surface area contributed by atoms with Crippen molar-refractivity contribution in [2.75, 3.05) is 0 Å². The maximum atomic E-state index is 1.56. The van der Waals surface area contributed by atoms with E-state index in [0.29, 0.717) is 0 Å². The van der Waals surface area contributed by atoms with Crippen LogP contribution in [-0.4, -0.2) is 0 Å². The molecule has 4 saturated carbocycles. The second kappa shape index (κ2) is 12.4. The summed E-state index contributed by atoms with van der Waals surface area (Å²) in [6, 6.07) is 0. The zero-order valence-electron chi connectivity index (χ0n) is 15.3. The fourth-order valence-electron chi connectivity index (χ4n) is 4.98. The molecule has 0 heterocycles. The Morgan fingerprint density at radius 1 is 0.227 bits per heavy atom. The average Bonchev–Trinajstić information content (AvgIpc) is 2.66. The molecular formula is C22H42. The van der Waals surface area contributed by atoms with Crippen molar-refractivity contribution in [3.8, 4) is 0 Å². The smallest absolute Gasteiger partial charge is 0.0386 e. The third-order valence-corrected chi connectivity index (χ3v) is 6.47. The first-order valence-electron chi connectivity index (χ1n) is 11.0. The highest BCUT2D eigenvalue weighted by molar-refractivity contribution is 4.78. The molecule has 0 heteroatoms. The normalized spacial score (nSPS) is 31.6. The predicted molar refractivity (Wildman–Crippen MR) is 99.3 cm³/mol. The molecule has 4 fully saturated rings. The van der Waals surface area contributed by atoms with Gasteiger partial charge in [0, 0.05) is 0 Å². The van der Waals surface area contributed by atoms with Gasteiger partial charge in [-0.2, -0.15) is 0 Å². The molecule has 0 radical (unpaired) electrons. The molecule has 0 aromatic carbocycles. The van der Waals surface area contributed by atoms with Gasteiger partial charge in [-0.25, -0.2) is 0 Å². The van der Waals surface area contributed by atoms with Crippen molar-refractivity contribution < 1.29 is 0 Å². The lowest BCUT2D eigenvalue weighted by Gasteiger charge is -2.35. The number of fused-ring (bicyclic) bond motifs is 1. The minimum atomic E-state index is 1.16. The summed E-state index contributed by atoms with van der Waals surface area (Å²) < 4.78 is 0. The second-order valence-corrected chi connectivity index (χ2v) is 8.33. The highest BCUT2D eigenvalue weighted by atomic mass is 14.3. The predicted octanol–water partition coefficient (Wildman–Crippen LogP) is 8.05. The van der Waals surface area contributed by atoms with Crippen molar-refractivity contribution in [1.29, 1.82) is 0 Å². The Bertz CT molecular complexity index is 175. The molecule has 4 aliphatic carbocycles. The number of rotatable bonds is 0. The highest BCUT2D eigenvalue weighted by Gasteiger charge is 2.26. The van der Waals surface area contributed by atoms with E-state index in [1.165, 1.54) is 103 Å². The zero-order chi connectivity index (χ0) is 15.3. The first kappa shape index (κ1) is 18.3. The fourth-order valence-corrected chi connectivity index (χ4v) is 4.98. The van der Waals surface area contributed by atoms with Crippen LogP contribution in [0.3, 0.4) is 0 Å². The van der Waals surface area contributed by atoms with E-state index in [0.717, 1.165) is 11.8 Å². The summed E-state index contributed by atoms with van der Waals surface area (Å²) in [4.78, 5) is 0. The molecule has 0 spiro atoms. The Hall–Kier alpha value is 0. The Labute approximate surface area is 140 Å². The lowest BCUT2D eigenvalue weighted by atomic mass is 9.71. The maximum absolute atomic E-state index is 1.56. The van der Waals surface area contributed by atoms with Gasteiger partial charge in [0.2, 0.25) is 0 Å². The van der Waals surface area contributed by atoms with Crippen LogP contribution in [0.2, 0.25) is 0 Å². The van der Waals surface area contributed by atoms with Gasteiger partial charge in [0.15, 0.2) is 0 Å². The van der Waals surface area contributed by atoms with Gasteiger partial charge >= 0.3 is 0 Å². The third kappa shape index (κ3) is 8.02. The van der Waals surface area contributed by atoms with Gasteiger partial charge in [-0.1, -0.05) is 128 Å². The third-order valence-electron chi connectivity index (χ3n) is 6.47. The van der Waals surface area contributed by atoms with E-state index in [4.69, 9.17) is 0 Å². The highest BCUT2D eigenvalue weighted by Crippen LogP contribution is 2.40. The molecule has 0 aromatic rings. The summed E-state index contributed by atoms with van der Waals surface area (Å²) in [5, 5.41) is 0. The quantitative estimate of drug-likeness (QED) is 0.424. The molecule has 4 aliphatic rings. The van der Waals surface area contributed by atoms with Crippen molar-refractivity contribution in [2.24, 2.45) is 11.8 Å². The Morgan fingerprint density at radius 3 is 0.591 bits per heavy atom. The van der Waals surface area contributed by atoms with E-state index in [9.17, 15) is 0 Å². The fraction of sp³-hybridized carbons (Fsp3) is 1.00. The molecule has 0 saturated heterocycles. The molecule has 0 atom stereocenters. The van der Waals surface area contributed by atoms with Gasteiger partial charge in [0.05, 0.1) is 0 Å². The van der Waals surface area contributed by atoms with Crippen LogP contribution < -0.4 is 0 Å². The summed E-state index contributed by atoms with van der Waals surface area (Å²) in [7, 11) is 0. The minimum absolute atomic E-state index is 1.16. The number of hydrogen-bond donors (Lipinski definition) is 0. The van der Waals surface area contributed by atoms with Gasteiger partial charge in [-0.05, 0) is 11.8 Å². The second-order valence-electron chi connectivity index (χ2n) is 8.33. The molecule has 0 aromatic heterocycles. The standard InChI is InChI=1S/C10H18.2C6H12/c1-2-6-10-8-4-3-7-9(10)5-1;2*1-2-4-6-5-3-1/h9-10H,1-8H2;2*1-6H2. The van der Waals surface area contributed by atoms with Gasteiger partial charge < -0.3 is 0 Å². The summed E-state index contributed by atoms with van der Waals surface area (Å²) in [5.74, 6) is 2.31. The SMILES string of the molecule is C1CCC2CCCCC2C1.C1CCCCC1.C1CCCCC1. The van der Waals surface area contributed by atoms with Gasteiger partial charge in [0.25, 0.3) is 0 Å². The molecule has 0 aliphatic heterocycles. The molecule has 4 rings (SSSR count). The van der Waals surface area contributed by atoms with Crippen molar-refractivity contribution in [3.05, 3.63) is 0 Å². The van der Waals surface area contributed by atoms with E-state index < -0.39 is 0 Å². The largest absolute Gasteiger partial charge is 0.0533 e. The van der Waals surface area contributed by atoms with E-state index in [1.54, 1.807) is 25.7 Å². The molecule has 0 unspecified atom stereocenters. The molecular weight excluding hydrogens is 264 g/mol. The lowest BCUT2D eigenvalue weighted by molar-refractivity contribution is 0.171. The molecule has 130 valence electrons. The van der Waals surface area contributed by atoms with Gasteiger partial charge in [0.1, 0.15) is 0 Å². The first-order chi connectivity index (χ1) is 11.0. The zero-order valence-corrected chi connectivity index (χ0v) is 15.3. The molecule has 0 bridgehead atoms. The van der Waals surface area contributed by atoms with Crippen LogP contribution in [-0.2, 0) is 0 Å². The summed E-state index contributed by atoms with van der Waals surface area (Å²) in [6.07, 6.45) is 30.4. The van der Waals surface area contributed by atoms with E-state index in [2.05, 4.69) is 0 Å². The molecule has 0 N–H and O–H groups in total. The van der Waals surface area contributed by atoms with Crippen molar-refractivity contribution >= 4 is 0 Å². The summed E-state index contributed by atoms with van der Waals surface area (Å²) in [5.41, 5.74) is 0. The van der Waals surface area contributed by atoms with Crippen LogP contribution >= 0.6 is 0 Å². The van der Waals surface area contributed by atoms with Crippen molar-refractivity contribution in [1.82, 2.24) is 0 Å². The van der Waals surface area contributed by atoms with Crippen LogP contribution in [0.4, 0.5) is 0 Å². The first-order valence-corrected chi connectivity index (χ1v) is 11.0. The van der Waals surface area contributed by atoms with E-state index in [-0.39, 0.29) is 0 Å². The van der Waals surface area contributed by atoms with Crippen LogP contribution in [0.5, 0.6) is 0 Å². The average molecular weight is 307 g/mol.